The molecule has 0 saturated heterocycles. The van der Waals surface area contributed by atoms with Crippen LogP contribution < -0.4 is 5.32 Å². The zero-order chi connectivity index (χ0) is 20.9. The average Bonchev–Trinajstić information content (AvgIpc) is 3.46. The van der Waals surface area contributed by atoms with Crippen molar-refractivity contribution in [3.8, 4) is 11.6 Å². The molecule has 0 aliphatic carbocycles. The predicted octanol–water partition coefficient (Wildman–Crippen LogP) is 3.96. The molecule has 0 atom stereocenters. The van der Waals surface area contributed by atoms with E-state index in [1.54, 1.807) is 42.5 Å². The summed E-state index contributed by atoms with van der Waals surface area (Å²) in [7, 11) is 1.31. The number of para-hydroxylation sites is 1. The molecule has 8 heteroatoms. The average molecular weight is 403 g/mol. The Morgan fingerprint density at radius 3 is 2.50 bits per heavy atom. The van der Waals surface area contributed by atoms with E-state index < -0.39 is 5.97 Å². The number of methoxy groups -OCH3 is 1. The van der Waals surface area contributed by atoms with E-state index in [4.69, 9.17) is 8.94 Å². The van der Waals surface area contributed by atoms with Gasteiger partial charge in [-0.3, -0.25) is 4.79 Å². The highest BCUT2D eigenvalue weighted by atomic mass is 16.5. The quantitative estimate of drug-likeness (QED) is 0.486. The number of furan rings is 1. The molecule has 2 aromatic carbocycles. The molecule has 2 heterocycles. The number of hydrogen-bond acceptors (Lipinski definition) is 7. The summed E-state index contributed by atoms with van der Waals surface area (Å²) < 4.78 is 15.2. The van der Waals surface area contributed by atoms with Gasteiger partial charge in [-0.1, -0.05) is 23.4 Å². The molecule has 0 unspecified atom stereocenters. The molecule has 4 rings (SSSR count). The van der Waals surface area contributed by atoms with E-state index in [1.165, 1.54) is 13.4 Å². The molecule has 0 saturated carbocycles. The van der Waals surface area contributed by atoms with E-state index in [-0.39, 0.29) is 5.91 Å². The van der Waals surface area contributed by atoms with Gasteiger partial charge in [-0.05, 0) is 48.0 Å². The molecule has 150 valence electrons. The van der Waals surface area contributed by atoms with Gasteiger partial charge in [0.2, 0.25) is 11.7 Å². The number of ether oxygens (including phenoxy) is 1. The van der Waals surface area contributed by atoms with Crippen molar-refractivity contribution in [1.82, 2.24) is 10.1 Å². The second kappa shape index (κ2) is 8.44. The third-order valence-electron chi connectivity index (χ3n) is 4.39. The van der Waals surface area contributed by atoms with Gasteiger partial charge in [0.15, 0.2) is 5.76 Å². The Labute approximate surface area is 171 Å². The van der Waals surface area contributed by atoms with Crippen LogP contribution in [0.3, 0.4) is 0 Å². The van der Waals surface area contributed by atoms with Crippen molar-refractivity contribution in [3.63, 3.8) is 0 Å². The molecule has 0 fully saturated rings. The largest absolute Gasteiger partial charge is 0.465 e. The van der Waals surface area contributed by atoms with Gasteiger partial charge in [0.25, 0.3) is 5.91 Å². The first-order valence-corrected chi connectivity index (χ1v) is 9.08. The van der Waals surface area contributed by atoms with Gasteiger partial charge in [-0.2, -0.15) is 4.98 Å². The third-order valence-corrected chi connectivity index (χ3v) is 4.39. The number of aromatic nitrogens is 2. The van der Waals surface area contributed by atoms with Crippen molar-refractivity contribution in [2.24, 2.45) is 0 Å². The fraction of sp³-hybridized carbons (Fsp3) is 0.0909. The lowest BCUT2D eigenvalue weighted by molar-refractivity contribution is 0.0600. The molecule has 1 amide bonds. The number of carbonyl (C=O) groups is 2. The minimum atomic E-state index is -0.458. The summed E-state index contributed by atoms with van der Waals surface area (Å²) in [5, 5.41) is 6.80. The minimum absolute atomic E-state index is 0.305. The summed E-state index contributed by atoms with van der Waals surface area (Å²) in [4.78, 5) is 28.5. The Balaban J connectivity index is 1.49. The summed E-state index contributed by atoms with van der Waals surface area (Å²) in [6.45, 7) is 0. The van der Waals surface area contributed by atoms with Crippen molar-refractivity contribution in [2.45, 2.75) is 6.42 Å². The van der Waals surface area contributed by atoms with E-state index in [2.05, 4.69) is 20.2 Å². The Morgan fingerprint density at radius 1 is 1.00 bits per heavy atom. The van der Waals surface area contributed by atoms with Gasteiger partial charge in [-0.25, -0.2) is 4.79 Å². The van der Waals surface area contributed by atoms with E-state index in [9.17, 15) is 9.59 Å². The Kier molecular flexibility index (Phi) is 5.38. The summed E-state index contributed by atoms with van der Waals surface area (Å²) in [5.74, 6) is 0.510. The third kappa shape index (κ3) is 4.12. The van der Waals surface area contributed by atoms with Crippen molar-refractivity contribution in [2.75, 3.05) is 12.4 Å². The summed E-state index contributed by atoms with van der Waals surface area (Å²) in [5.41, 5.74) is 2.22. The molecule has 30 heavy (non-hydrogen) atoms. The fourth-order valence-electron chi connectivity index (χ4n) is 2.86. The Morgan fingerprint density at radius 2 is 1.77 bits per heavy atom. The van der Waals surface area contributed by atoms with Crippen molar-refractivity contribution >= 4 is 17.6 Å². The summed E-state index contributed by atoms with van der Waals surface area (Å²) in [6, 6.07) is 17.1. The smallest absolute Gasteiger partial charge is 0.337 e. The standard InChI is InChI=1S/C22H17N3O5/c1-28-22(27)15-10-8-14(9-11-15)21(26)23-17-6-3-2-5-16(17)13-19-24-20(25-30-19)18-7-4-12-29-18/h2-12H,13H2,1H3,(H,23,26). The number of hydrogen-bond donors (Lipinski definition) is 1. The van der Waals surface area contributed by atoms with Crippen LogP contribution in [0.15, 0.2) is 75.9 Å². The molecular formula is C22H17N3O5. The molecule has 1 N–H and O–H groups in total. The lowest BCUT2D eigenvalue weighted by Crippen LogP contribution is -2.14. The maximum absolute atomic E-state index is 12.6. The van der Waals surface area contributed by atoms with Crippen molar-refractivity contribution in [3.05, 3.63) is 89.5 Å². The van der Waals surface area contributed by atoms with Crippen LogP contribution in [0.2, 0.25) is 0 Å². The first kappa shape index (κ1) is 19.1. The highest BCUT2D eigenvalue weighted by Gasteiger charge is 2.15. The Bertz CT molecular complexity index is 1160. The van der Waals surface area contributed by atoms with Crippen LogP contribution in [0.25, 0.3) is 11.6 Å². The Hall–Kier alpha value is -4.20. The lowest BCUT2D eigenvalue weighted by Gasteiger charge is -2.10. The molecule has 2 aromatic heterocycles. The van der Waals surface area contributed by atoms with Gasteiger partial charge in [-0.15, -0.1) is 0 Å². The zero-order valence-electron chi connectivity index (χ0n) is 16.0. The monoisotopic (exact) mass is 403 g/mol. The molecule has 0 aliphatic rings. The second-order valence-corrected chi connectivity index (χ2v) is 6.35. The fourth-order valence-corrected chi connectivity index (χ4v) is 2.86. The van der Waals surface area contributed by atoms with E-state index in [1.807, 2.05) is 18.2 Å². The molecule has 8 nitrogen and oxygen atoms in total. The van der Waals surface area contributed by atoms with Crippen LogP contribution in [-0.2, 0) is 11.2 Å². The first-order valence-electron chi connectivity index (χ1n) is 9.08. The van der Waals surface area contributed by atoms with Crippen LogP contribution >= 0.6 is 0 Å². The van der Waals surface area contributed by atoms with Crippen molar-refractivity contribution < 1.29 is 23.3 Å². The lowest BCUT2D eigenvalue weighted by atomic mass is 10.1. The van der Waals surface area contributed by atoms with Crippen LogP contribution in [0.5, 0.6) is 0 Å². The van der Waals surface area contributed by atoms with Crippen LogP contribution in [0.4, 0.5) is 5.69 Å². The molecule has 0 bridgehead atoms. The highest BCUT2D eigenvalue weighted by molar-refractivity contribution is 6.05. The maximum Gasteiger partial charge on any atom is 0.337 e. The maximum atomic E-state index is 12.6. The van der Waals surface area contributed by atoms with E-state index in [0.29, 0.717) is 40.7 Å². The van der Waals surface area contributed by atoms with Gasteiger partial charge in [0, 0.05) is 11.3 Å². The molecular weight excluding hydrogens is 386 g/mol. The number of rotatable bonds is 6. The van der Waals surface area contributed by atoms with Crippen LogP contribution in [0.1, 0.15) is 32.2 Å². The normalized spacial score (nSPS) is 10.6. The highest BCUT2D eigenvalue weighted by Crippen LogP contribution is 2.22. The number of nitrogens with zero attached hydrogens (tertiary/aromatic N) is 2. The molecule has 4 aromatic rings. The molecule has 0 spiro atoms. The van der Waals surface area contributed by atoms with Crippen LogP contribution in [0, 0.1) is 0 Å². The van der Waals surface area contributed by atoms with Gasteiger partial charge in [0.1, 0.15) is 0 Å². The summed E-state index contributed by atoms with van der Waals surface area (Å²) in [6.07, 6.45) is 1.87. The second-order valence-electron chi connectivity index (χ2n) is 6.35. The number of nitrogens with one attached hydrogen (secondary N) is 1. The number of amides is 1. The van der Waals surface area contributed by atoms with Gasteiger partial charge in [0.05, 0.1) is 25.4 Å². The molecule has 0 radical (unpaired) electrons. The number of anilines is 1. The van der Waals surface area contributed by atoms with Crippen LogP contribution in [-0.4, -0.2) is 29.1 Å². The number of benzene rings is 2. The number of carbonyl (C=O) groups excluding carboxylic acids is 2. The van der Waals surface area contributed by atoms with Gasteiger partial charge >= 0.3 is 5.97 Å². The van der Waals surface area contributed by atoms with Crippen molar-refractivity contribution in [1.29, 1.82) is 0 Å². The summed E-state index contributed by atoms with van der Waals surface area (Å²) >= 11 is 0. The zero-order valence-corrected chi connectivity index (χ0v) is 16.0. The molecule has 0 aliphatic heterocycles. The SMILES string of the molecule is COC(=O)c1ccc(C(=O)Nc2ccccc2Cc2nc(-c3ccco3)no2)cc1. The predicted molar refractivity (Wildman–Crippen MR) is 107 cm³/mol. The first-order chi connectivity index (χ1) is 14.6. The number of esters is 1. The topological polar surface area (TPSA) is 107 Å². The van der Waals surface area contributed by atoms with E-state index in [0.717, 1.165) is 5.56 Å². The minimum Gasteiger partial charge on any atom is -0.465 e. The van der Waals surface area contributed by atoms with Gasteiger partial charge < -0.3 is 19.0 Å². The van der Waals surface area contributed by atoms with E-state index >= 15 is 0 Å².